The van der Waals surface area contributed by atoms with E-state index in [4.69, 9.17) is 0 Å². The Labute approximate surface area is 157 Å². The Morgan fingerprint density at radius 2 is 1.96 bits per heavy atom. The van der Waals surface area contributed by atoms with E-state index in [0.717, 1.165) is 37.7 Å². The Hall–Kier alpha value is -2.14. The first-order chi connectivity index (χ1) is 12.7. The van der Waals surface area contributed by atoms with Gasteiger partial charge in [-0.1, -0.05) is 38.1 Å². The first-order valence-electron chi connectivity index (χ1n) is 9.70. The molecule has 0 aliphatic rings. The summed E-state index contributed by atoms with van der Waals surface area (Å²) in [5, 5.41) is 9.28. The molecule has 26 heavy (non-hydrogen) atoms. The van der Waals surface area contributed by atoms with Crippen molar-refractivity contribution in [1.29, 1.82) is 0 Å². The highest BCUT2D eigenvalue weighted by Gasteiger charge is 2.08. The van der Waals surface area contributed by atoms with Gasteiger partial charge in [0, 0.05) is 24.7 Å². The van der Waals surface area contributed by atoms with Crippen molar-refractivity contribution in [2.45, 2.75) is 46.2 Å². The van der Waals surface area contributed by atoms with Crippen LogP contribution in [-0.2, 0) is 6.54 Å². The second-order valence-electron chi connectivity index (χ2n) is 6.62. The number of pyridine rings is 1. The first-order valence-corrected chi connectivity index (χ1v) is 9.70. The van der Waals surface area contributed by atoms with E-state index >= 15 is 0 Å². The van der Waals surface area contributed by atoms with Crippen LogP contribution in [0.1, 0.15) is 39.3 Å². The van der Waals surface area contributed by atoms with Gasteiger partial charge >= 0.3 is 0 Å². The van der Waals surface area contributed by atoms with Crippen LogP contribution in [0.25, 0.3) is 10.8 Å². The third-order valence-corrected chi connectivity index (χ3v) is 4.79. The van der Waals surface area contributed by atoms with Gasteiger partial charge < -0.3 is 15.5 Å². The maximum Gasteiger partial charge on any atom is 0.191 e. The number of aliphatic imine (C=N–C) groups is 1. The summed E-state index contributed by atoms with van der Waals surface area (Å²) in [6, 6.07) is 10.8. The van der Waals surface area contributed by atoms with Gasteiger partial charge in [0.25, 0.3) is 0 Å². The van der Waals surface area contributed by atoms with E-state index in [2.05, 4.69) is 70.5 Å². The van der Waals surface area contributed by atoms with Crippen LogP contribution in [0.2, 0.25) is 0 Å². The number of hydrogen-bond donors (Lipinski definition) is 2. The molecule has 2 rings (SSSR count). The van der Waals surface area contributed by atoms with Crippen LogP contribution in [-0.4, -0.2) is 48.6 Å². The quantitative estimate of drug-likeness (QED) is 0.535. The Balaban J connectivity index is 1.83. The van der Waals surface area contributed by atoms with Crippen molar-refractivity contribution in [3.63, 3.8) is 0 Å². The third kappa shape index (κ3) is 5.99. The van der Waals surface area contributed by atoms with Crippen molar-refractivity contribution in [1.82, 2.24) is 20.5 Å². The standard InChI is InChI=1S/C21H33N5/c1-5-26(6-2)15-9-10-17(3)25-21(22-4)24-16-20-19-12-8-7-11-18(19)13-14-23-20/h7-8,11-14,17H,5-6,9-10,15-16H2,1-4H3,(H2,22,24,25). The van der Waals surface area contributed by atoms with Gasteiger partial charge in [-0.2, -0.15) is 0 Å². The fourth-order valence-corrected chi connectivity index (χ4v) is 3.15. The van der Waals surface area contributed by atoms with E-state index in [1.165, 1.54) is 17.2 Å². The molecule has 0 fully saturated rings. The Bertz CT molecular complexity index is 688. The molecule has 2 N–H and O–H groups in total. The second kappa shape index (κ2) is 10.8. The van der Waals surface area contributed by atoms with Crippen molar-refractivity contribution < 1.29 is 0 Å². The van der Waals surface area contributed by atoms with Gasteiger partial charge in [0.2, 0.25) is 0 Å². The Morgan fingerprint density at radius 1 is 1.19 bits per heavy atom. The maximum absolute atomic E-state index is 4.53. The molecule has 0 saturated carbocycles. The molecule has 0 aliphatic carbocycles. The summed E-state index contributed by atoms with van der Waals surface area (Å²) in [7, 11) is 1.81. The van der Waals surface area contributed by atoms with Gasteiger partial charge in [-0.05, 0) is 50.9 Å². The number of aromatic nitrogens is 1. The zero-order valence-corrected chi connectivity index (χ0v) is 16.6. The van der Waals surface area contributed by atoms with Crippen LogP contribution in [0.15, 0.2) is 41.5 Å². The smallest absolute Gasteiger partial charge is 0.191 e. The molecule has 0 aliphatic heterocycles. The molecule has 0 spiro atoms. The van der Waals surface area contributed by atoms with E-state index in [0.29, 0.717) is 12.6 Å². The summed E-state index contributed by atoms with van der Waals surface area (Å²) in [4.78, 5) is 11.3. The van der Waals surface area contributed by atoms with Crippen LogP contribution in [0.4, 0.5) is 0 Å². The van der Waals surface area contributed by atoms with Crippen molar-refractivity contribution in [2.75, 3.05) is 26.7 Å². The zero-order chi connectivity index (χ0) is 18.8. The Morgan fingerprint density at radius 3 is 2.69 bits per heavy atom. The lowest BCUT2D eigenvalue weighted by atomic mass is 10.1. The highest BCUT2D eigenvalue weighted by molar-refractivity contribution is 5.85. The summed E-state index contributed by atoms with van der Waals surface area (Å²) in [5.41, 5.74) is 1.04. The topological polar surface area (TPSA) is 52.5 Å². The molecule has 0 radical (unpaired) electrons. The van der Waals surface area contributed by atoms with Crippen LogP contribution in [0.5, 0.6) is 0 Å². The molecule has 0 bridgehead atoms. The lowest BCUT2D eigenvalue weighted by Crippen LogP contribution is -2.42. The molecule has 0 amide bonds. The van der Waals surface area contributed by atoms with Gasteiger partial charge in [0.15, 0.2) is 5.96 Å². The van der Waals surface area contributed by atoms with Gasteiger partial charge in [-0.3, -0.25) is 9.98 Å². The first kappa shape index (κ1) is 20.2. The predicted octanol–water partition coefficient (Wildman–Crippen LogP) is 3.41. The molecule has 1 heterocycles. The number of nitrogens with one attached hydrogen (secondary N) is 2. The monoisotopic (exact) mass is 355 g/mol. The molecule has 1 aromatic heterocycles. The van der Waals surface area contributed by atoms with Crippen molar-refractivity contribution in [3.05, 3.63) is 42.2 Å². The molecule has 0 saturated heterocycles. The van der Waals surface area contributed by atoms with E-state index in [9.17, 15) is 0 Å². The van der Waals surface area contributed by atoms with Crippen molar-refractivity contribution in [3.8, 4) is 0 Å². The maximum atomic E-state index is 4.53. The Kier molecular flexibility index (Phi) is 8.35. The second-order valence-corrected chi connectivity index (χ2v) is 6.62. The van der Waals surface area contributed by atoms with Crippen LogP contribution >= 0.6 is 0 Å². The molecular formula is C21H33N5. The highest BCUT2D eigenvalue weighted by Crippen LogP contribution is 2.15. The average Bonchev–Trinajstić information content (AvgIpc) is 2.68. The molecule has 1 aromatic carbocycles. The summed E-state index contributed by atoms with van der Waals surface area (Å²) >= 11 is 0. The fourth-order valence-electron chi connectivity index (χ4n) is 3.15. The molecule has 1 atom stereocenters. The van der Waals surface area contributed by atoms with E-state index in [1.807, 2.05) is 19.3 Å². The minimum Gasteiger partial charge on any atom is -0.354 e. The normalized spacial score (nSPS) is 13.2. The molecular weight excluding hydrogens is 322 g/mol. The SMILES string of the molecule is CCN(CC)CCCC(C)NC(=NC)NCc1nccc2ccccc12. The highest BCUT2D eigenvalue weighted by atomic mass is 15.2. The largest absolute Gasteiger partial charge is 0.354 e. The summed E-state index contributed by atoms with van der Waals surface area (Å²) < 4.78 is 0. The fraction of sp³-hybridized carbons (Fsp3) is 0.524. The van der Waals surface area contributed by atoms with Gasteiger partial charge in [-0.15, -0.1) is 0 Å². The zero-order valence-electron chi connectivity index (χ0n) is 16.6. The van der Waals surface area contributed by atoms with Crippen LogP contribution in [0, 0.1) is 0 Å². The van der Waals surface area contributed by atoms with Gasteiger partial charge in [-0.25, -0.2) is 0 Å². The summed E-state index contributed by atoms with van der Waals surface area (Å²) in [6.07, 6.45) is 4.19. The average molecular weight is 356 g/mol. The van der Waals surface area contributed by atoms with Crippen LogP contribution in [0.3, 0.4) is 0 Å². The minimum atomic E-state index is 0.386. The number of benzene rings is 1. The number of nitrogens with zero attached hydrogens (tertiary/aromatic N) is 3. The number of fused-ring (bicyclic) bond motifs is 1. The number of rotatable bonds is 9. The van der Waals surface area contributed by atoms with E-state index in [1.54, 1.807) is 0 Å². The van der Waals surface area contributed by atoms with Crippen molar-refractivity contribution in [2.24, 2.45) is 4.99 Å². The number of hydrogen-bond acceptors (Lipinski definition) is 3. The predicted molar refractivity (Wildman–Crippen MR) is 112 cm³/mol. The lowest BCUT2D eigenvalue weighted by Gasteiger charge is -2.21. The lowest BCUT2D eigenvalue weighted by molar-refractivity contribution is 0.292. The van der Waals surface area contributed by atoms with Gasteiger partial charge in [0.1, 0.15) is 0 Å². The van der Waals surface area contributed by atoms with Gasteiger partial charge in [0.05, 0.1) is 12.2 Å². The molecule has 2 aromatic rings. The summed E-state index contributed by atoms with van der Waals surface area (Å²) in [6.45, 7) is 10.7. The van der Waals surface area contributed by atoms with Crippen LogP contribution < -0.4 is 10.6 Å². The molecule has 142 valence electrons. The molecule has 5 nitrogen and oxygen atoms in total. The van der Waals surface area contributed by atoms with Crippen molar-refractivity contribution >= 4 is 16.7 Å². The third-order valence-electron chi connectivity index (χ3n) is 4.79. The summed E-state index contributed by atoms with van der Waals surface area (Å²) in [5.74, 6) is 0.829. The van der Waals surface area contributed by atoms with E-state index < -0.39 is 0 Å². The molecule has 1 unspecified atom stereocenters. The van der Waals surface area contributed by atoms with E-state index in [-0.39, 0.29) is 0 Å². The minimum absolute atomic E-state index is 0.386. The number of guanidine groups is 1. The molecule has 5 heteroatoms.